The maximum atomic E-state index is 12.0. The highest BCUT2D eigenvalue weighted by molar-refractivity contribution is 9.10. The van der Waals surface area contributed by atoms with E-state index in [1.807, 2.05) is 24.3 Å². The molecule has 0 fully saturated rings. The van der Waals surface area contributed by atoms with E-state index >= 15 is 0 Å². The monoisotopic (exact) mass is 289 g/mol. The van der Waals surface area contributed by atoms with Crippen LogP contribution in [0.25, 0.3) is 16.7 Å². The molecule has 17 heavy (non-hydrogen) atoms. The molecule has 0 amide bonds. The van der Waals surface area contributed by atoms with Gasteiger partial charge in [-0.1, -0.05) is 6.07 Å². The summed E-state index contributed by atoms with van der Waals surface area (Å²) in [5.41, 5.74) is 2.20. The van der Waals surface area contributed by atoms with Gasteiger partial charge in [0.05, 0.1) is 22.9 Å². The molecule has 2 aromatic heterocycles. The largest absolute Gasteiger partial charge is 0.331 e. The lowest BCUT2D eigenvalue weighted by molar-refractivity contribution is 1.00. The average Bonchev–Trinajstić information content (AvgIpc) is 2.68. The van der Waals surface area contributed by atoms with E-state index in [1.54, 1.807) is 23.0 Å². The molecular formula is C12H8BrN3O. The molecule has 0 bridgehead atoms. The number of halogens is 1. The molecule has 3 aromatic rings. The van der Waals surface area contributed by atoms with Crippen LogP contribution in [0.1, 0.15) is 0 Å². The van der Waals surface area contributed by atoms with Crippen molar-refractivity contribution in [3.63, 3.8) is 0 Å². The Labute approximate surface area is 105 Å². The van der Waals surface area contributed by atoms with Crippen molar-refractivity contribution >= 4 is 27.0 Å². The molecule has 84 valence electrons. The number of fused-ring (bicyclic) bond motifs is 1. The number of benzene rings is 1. The van der Waals surface area contributed by atoms with Gasteiger partial charge in [-0.15, -0.1) is 0 Å². The Bertz CT molecular complexity index is 730. The fourth-order valence-corrected chi connectivity index (χ4v) is 2.39. The third-order valence-corrected chi connectivity index (χ3v) is 3.20. The highest BCUT2D eigenvalue weighted by atomic mass is 79.9. The lowest BCUT2D eigenvalue weighted by atomic mass is 10.3. The topological polar surface area (TPSA) is 50.7 Å². The van der Waals surface area contributed by atoms with Gasteiger partial charge < -0.3 is 4.98 Å². The van der Waals surface area contributed by atoms with E-state index < -0.39 is 0 Å². The zero-order chi connectivity index (χ0) is 11.8. The fourth-order valence-electron chi connectivity index (χ4n) is 1.85. The number of aromatic amines is 1. The lowest BCUT2D eigenvalue weighted by Crippen LogP contribution is -2.14. The van der Waals surface area contributed by atoms with Crippen LogP contribution in [0.3, 0.4) is 0 Å². The summed E-state index contributed by atoms with van der Waals surface area (Å²) in [6.07, 6.45) is 3.34. The third-order valence-electron chi connectivity index (χ3n) is 2.56. The molecule has 2 heterocycles. The Kier molecular flexibility index (Phi) is 2.33. The molecule has 0 unspecified atom stereocenters. The summed E-state index contributed by atoms with van der Waals surface area (Å²) in [4.78, 5) is 18.8. The predicted octanol–water partition coefficient (Wildman–Crippen LogP) is 2.48. The molecule has 3 rings (SSSR count). The van der Waals surface area contributed by atoms with Crippen LogP contribution in [0, 0.1) is 0 Å². The smallest absolute Gasteiger partial charge is 0.305 e. The van der Waals surface area contributed by atoms with Crippen molar-refractivity contribution in [1.82, 2.24) is 14.5 Å². The summed E-state index contributed by atoms with van der Waals surface area (Å²) in [6.45, 7) is 0. The number of hydrogen-bond acceptors (Lipinski definition) is 2. The molecule has 0 atom stereocenters. The first kappa shape index (κ1) is 10.3. The van der Waals surface area contributed by atoms with Crippen LogP contribution in [0.4, 0.5) is 0 Å². The Hall–Kier alpha value is -1.88. The Morgan fingerprint density at radius 2 is 2.12 bits per heavy atom. The molecule has 0 aliphatic heterocycles. The second-order valence-corrected chi connectivity index (χ2v) is 4.47. The molecule has 5 heteroatoms. The van der Waals surface area contributed by atoms with Crippen molar-refractivity contribution in [3.05, 3.63) is 57.7 Å². The van der Waals surface area contributed by atoms with Gasteiger partial charge >= 0.3 is 5.69 Å². The molecule has 0 saturated carbocycles. The highest BCUT2D eigenvalue weighted by Crippen LogP contribution is 2.23. The average molecular weight is 290 g/mol. The van der Waals surface area contributed by atoms with Gasteiger partial charge in [-0.05, 0) is 40.2 Å². The maximum Gasteiger partial charge on any atom is 0.331 e. The zero-order valence-corrected chi connectivity index (χ0v) is 10.3. The van der Waals surface area contributed by atoms with Gasteiger partial charge in [-0.2, -0.15) is 0 Å². The molecule has 1 aromatic carbocycles. The van der Waals surface area contributed by atoms with Gasteiger partial charge in [-0.25, -0.2) is 4.79 Å². The van der Waals surface area contributed by atoms with Crippen molar-refractivity contribution in [3.8, 4) is 5.69 Å². The van der Waals surface area contributed by atoms with Crippen LogP contribution >= 0.6 is 15.9 Å². The number of hydrogen-bond donors (Lipinski definition) is 1. The molecule has 0 spiro atoms. The second kappa shape index (κ2) is 3.85. The predicted molar refractivity (Wildman–Crippen MR) is 69.4 cm³/mol. The minimum atomic E-state index is -0.167. The van der Waals surface area contributed by atoms with E-state index in [0.717, 1.165) is 21.2 Å². The van der Waals surface area contributed by atoms with E-state index in [2.05, 4.69) is 25.9 Å². The molecule has 0 radical (unpaired) electrons. The van der Waals surface area contributed by atoms with Crippen molar-refractivity contribution in [2.45, 2.75) is 0 Å². The Balaban J connectivity index is 2.45. The SMILES string of the molecule is O=c1[nH]c2cccc(Br)c2n1-c1cccnc1. The summed E-state index contributed by atoms with van der Waals surface area (Å²) in [6, 6.07) is 9.31. The number of rotatable bonds is 1. The number of aromatic nitrogens is 3. The third kappa shape index (κ3) is 1.59. The first-order valence-corrected chi connectivity index (χ1v) is 5.86. The molecule has 4 nitrogen and oxygen atoms in total. The number of nitrogens with one attached hydrogen (secondary N) is 1. The highest BCUT2D eigenvalue weighted by Gasteiger charge is 2.10. The Morgan fingerprint density at radius 1 is 1.24 bits per heavy atom. The van der Waals surface area contributed by atoms with E-state index in [4.69, 9.17) is 0 Å². The van der Waals surface area contributed by atoms with Crippen molar-refractivity contribution in [2.75, 3.05) is 0 Å². The van der Waals surface area contributed by atoms with Gasteiger partial charge in [-0.3, -0.25) is 9.55 Å². The van der Waals surface area contributed by atoms with Crippen LogP contribution in [0.2, 0.25) is 0 Å². The fraction of sp³-hybridized carbons (Fsp3) is 0. The molecule has 0 aliphatic rings. The van der Waals surface area contributed by atoms with Gasteiger partial charge in [0.15, 0.2) is 0 Å². The Morgan fingerprint density at radius 3 is 2.88 bits per heavy atom. The van der Waals surface area contributed by atoms with Crippen molar-refractivity contribution in [1.29, 1.82) is 0 Å². The van der Waals surface area contributed by atoms with Crippen LogP contribution < -0.4 is 5.69 Å². The standard InChI is InChI=1S/C12H8BrN3O/c13-9-4-1-5-10-11(9)16(12(17)15-10)8-3-2-6-14-7-8/h1-7H,(H,15,17). The first-order chi connectivity index (χ1) is 8.27. The summed E-state index contributed by atoms with van der Waals surface area (Å²) in [5.74, 6) is 0. The minimum absolute atomic E-state index is 0.167. The van der Waals surface area contributed by atoms with Crippen LogP contribution in [-0.2, 0) is 0 Å². The number of imidazole rings is 1. The summed E-state index contributed by atoms with van der Waals surface area (Å²) in [5, 5.41) is 0. The van der Waals surface area contributed by atoms with Gasteiger partial charge in [0.25, 0.3) is 0 Å². The minimum Gasteiger partial charge on any atom is -0.305 e. The molecule has 1 N–H and O–H groups in total. The lowest BCUT2D eigenvalue weighted by Gasteiger charge is -2.03. The molecule has 0 saturated heterocycles. The van der Waals surface area contributed by atoms with E-state index in [-0.39, 0.29) is 5.69 Å². The number of para-hydroxylation sites is 1. The van der Waals surface area contributed by atoms with E-state index in [9.17, 15) is 4.79 Å². The van der Waals surface area contributed by atoms with Gasteiger partial charge in [0.2, 0.25) is 0 Å². The van der Waals surface area contributed by atoms with E-state index in [0.29, 0.717) is 0 Å². The first-order valence-electron chi connectivity index (χ1n) is 5.07. The van der Waals surface area contributed by atoms with Crippen LogP contribution in [0.15, 0.2) is 52.0 Å². The second-order valence-electron chi connectivity index (χ2n) is 3.61. The summed E-state index contributed by atoms with van der Waals surface area (Å²) < 4.78 is 2.48. The molecular weight excluding hydrogens is 282 g/mol. The normalized spacial score (nSPS) is 10.9. The zero-order valence-electron chi connectivity index (χ0n) is 8.72. The van der Waals surface area contributed by atoms with Crippen LogP contribution in [0.5, 0.6) is 0 Å². The number of H-pyrrole nitrogens is 1. The maximum absolute atomic E-state index is 12.0. The quantitative estimate of drug-likeness (QED) is 0.748. The molecule has 0 aliphatic carbocycles. The van der Waals surface area contributed by atoms with Gasteiger partial charge in [0, 0.05) is 10.7 Å². The van der Waals surface area contributed by atoms with E-state index in [1.165, 1.54) is 0 Å². The number of pyridine rings is 1. The van der Waals surface area contributed by atoms with Gasteiger partial charge in [0.1, 0.15) is 0 Å². The summed E-state index contributed by atoms with van der Waals surface area (Å²) >= 11 is 3.46. The van der Waals surface area contributed by atoms with Crippen molar-refractivity contribution in [2.24, 2.45) is 0 Å². The van der Waals surface area contributed by atoms with Crippen LogP contribution in [-0.4, -0.2) is 14.5 Å². The summed E-state index contributed by atoms with van der Waals surface area (Å²) in [7, 11) is 0. The number of nitrogens with zero attached hydrogens (tertiary/aromatic N) is 2. The van der Waals surface area contributed by atoms with Crippen molar-refractivity contribution < 1.29 is 0 Å².